The summed E-state index contributed by atoms with van der Waals surface area (Å²) >= 11 is 0. The molecule has 174 valence electrons. The van der Waals surface area contributed by atoms with E-state index >= 15 is 0 Å². The maximum atomic E-state index is 13.1. The minimum absolute atomic E-state index is 0.0432. The van der Waals surface area contributed by atoms with Crippen LogP contribution < -0.4 is 5.32 Å². The third kappa shape index (κ3) is 4.53. The molecule has 0 atom stereocenters. The number of nitrogens with zero attached hydrogens (tertiary/aromatic N) is 2. The fraction of sp³-hybridized carbons (Fsp3) is 0.0714. The highest BCUT2D eigenvalue weighted by molar-refractivity contribution is 6.04. The number of hydrogen-bond donors (Lipinski definition) is 1. The number of fused-ring (bicyclic) bond motifs is 1. The molecule has 5 aromatic rings. The minimum Gasteiger partial charge on any atom is -0.321 e. The molecule has 1 aromatic heterocycles. The Morgan fingerprint density at radius 2 is 1.60 bits per heavy atom. The molecule has 0 spiro atoms. The molecule has 0 unspecified atom stereocenters. The highest BCUT2D eigenvalue weighted by Gasteiger charge is 2.30. The molecule has 0 aliphatic heterocycles. The second kappa shape index (κ2) is 8.76. The number of halogens is 3. The summed E-state index contributed by atoms with van der Waals surface area (Å²) in [5.74, 6) is -0.600. The van der Waals surface area contributed by atoms with Gasteiger partial charge in [0.05, 0.1) is 16.9 Å². The lowest BCUT2D eigenvalue weighted by Gasteiger charge is -2.11. The molecule has 35 heavy (non-hydrogen) atoms. The van der Waals surface area contributed by atoms with Crippen molar-refractivity contribution >= 4 is 22.4 Å². The van der Waals surface area contributed by atoms with Crippen molar-refractivity contribution in [3.05, 3.63) is 114 Å². The molecular weight excluding hydrogens is 451 g/mol. The second-order valence-electron chi connectivity index (χ2n) is 8.23. The van der Waals surface area contributed by atoms with Gasteiger partial charge in [-0.3, -0.25) is 4.79 Å². The Balaban J connectivity index is 1.60. The summed E-state index contributed by atoms with van der Waals surface area (Å²) in [6.45, 7) is 1.96. The van der Waals surface area contributed by atoms with Crippen LogP contribution in [0.25, 0.3) is 27.7 Å². The molecule has 0 aliphatic carbocycles. The van der Waals surface area contributed by atoms with E-state index in [2.05, 4.69) is 10.4 Å². The molecule has 1 amide bonds. The number of alkyl halides is 3. The van der Waals surface area contributed by atoms with Crippen molar-refractivity contribution in [1.29, 1.82) is 0 Å². The highest BCUT2D eigenvalue weighted by Crippen LogP contribution is 2.32. The van der Waals surface area contributed by atoms with Crippen LogP contribution in [-0.2, 0) is 6.18 Å². The van der Waals surface area contributed by atoms with Gasteiger partial charge in [0.25, 0.3) is 5.91 Å². The van der Waals surface area contributed by atoms with E-state index in [0.29, 0.717) is 5.69 Å². The molecule has 1 N–H and O–H groups in total. The van der Waals surface area contributed by atoms with Gasteiger partial charge in [0, 0.05) is 11.3 Å². The standard InChI is InChI=1S/C28H20F3N3O/c1-18-7-4-12-22(15-18)34-26(24-14-5-9-19-8-2-3-13-23(19)24)17-25(33-34)27(35)32-21-11-6-10-20(16-21)28(29,30)31/h2-17H,1H3,(H,32,35). The molecule has 0 saturated heterocycles. The predicted octanol–water partition coefficient (Wildman–Crippen LogP) is 7.27. The van der Waals surface area contributed by atoms with Crippen LogP contribution in [0.3, 0.4) is 0 Å². The topological polar surface area (TPSA) is 46.9 Å². The summed E-state index contributed by atoms with van der Waals surface area (Å²) in [6.07, 6.45) is -4.50. The summed E-state index contributed by atoms with van der Waals surface area (Å²) in [5, 5.41) is 9.14. The van der Waals surface area contributed by atoms with Gasteiger partial charge in [0.15, 0.2) is 5.69 Å². The summed E-state index contributed by atoms with van der Waals surface area (Å²) in [6, 6.07) is 27.7. The summed E-state index contributed by atoms with van der Waals surface area (Å²) in [5.41, 5.74) is 2.67. The number of carbonyl (C=O) groups excluding carboxylic acids is 1. The van der Waals surface area contributed by atoms with Gasteiger partial charge in [-0.25, -0.2) is 4.68 Å². The Morgan fingerprint density at radius 3 is 2.40 bits per heavy atom. The van der Waals surface area contributed by atoms with Crippen LogP contribution in [0.15, 0.2) is 97.1 Å². The molecule has 1 heterocycles. The van der Waals surface area contributed by atoms with Crippen LogP contribution in [0.2, 0.25) is 0 Å². The van der Waals surface area contributed by atoms with E-state index in [1.54, 1.807) is 10.7 Å². The molecule has 0 bridgehead atoms. The molecule has 5 rings (SSSR count). The number of anilines is 1. The Kier molecular flexibility index (Phi) is 5.61. The van der Waals surface area contributed by atoms with Crippen molar-refractivity contribution < 1.29 is 18.0 Å². The van der Waals surface area contributed by atoms with Gasteiger partial charge in [-0.05, 0) is 59.7 Å². The molecule has 7 heteroatoms. The number of aryl methyl sites for hydroxylation is 1. The second-order valence-corrected chi connectivity index (χ2v) is 8.23. The number of amides is 1. The fourth-order valence-corrected chi connectivity index (χ4v) is 4.06. The number of aromatic nitrogens is 2. The quantitative estimate of drug-likeness (QED) is 0.300. The van der Waals surface area contributed by atoms with Crippen molar-refractivity contribution in [3.63, 3.8) is 0 Å². The number of rotatable bonds is 4. The highest BCUT2D eigenvalue weighted by atomic mass is 19.4. The van der Waals surface area contributed by atoms with Gasteiger partial charge in [-0.15, -0.1) is 0 Å². The van der Waals surface area contributed by atoms with Crippen molar-refractivity contribution in [1.82, 2.24) is 9.78 Å². The van der Waals surface area contributed by atoms with Crippen LogP contribution in [0.5, 0.6) is 0 Å². The number of nitrogens with one attached hydrogen (secondary N) is 1. The third-order valence-electron chi connectivity index (χ3n) is 5.70. The first-order valence-corrected chi connectivity index (χ1v) is 10.9. The monoisotopic (exact) mass is 471 g/mol. The van der Waals surface area contributed by atoms with Gasteiger partial charge < -0.3 is 5.32 Å². The zero-order valence-corrected chi connectivity index (χ0v) is 18.7. The zero-order chi connectivity index (χ0) is 24.6. The number of benzene rings is 4. The molecule has 0 fully saturated rings. The van der Waals surface area contributed by atoms with E-state index in [-0.39, 0.29) is 11.4 Å². The maximum Gasteiger partial charge on any atom is 0.416 e. The lowest BCUT2D eigenvalue weighted by molar-refractivity contribution is -0.137. The van der Waals surface area contributed by atoms with E-state index in [1.165, 1.54) is 12.1 Å². The smallest absolute Gasteiger partial charge is 0.321 e. The van der Waals surface area contributed by atoms with E-state index in [4.69, 9.17) is 0 Å². The number of hydrogen-bond acceptors (Lipinski definition) is 2. The lowest BCUT2D eigenvalue weighted by atomic mass is 10.0. The van der Waals surface area contributed by atoms with Crippen LogP contribution in [-0.4, -0.2) is 15.7 Å². The first kappa shape index (κ1) is 22.4. The third-order valence-corrected chi connectivity index (χ3v) is 5.70. The van der Waals surface area contributed by atoms with Crippen LogP contribution in [0, 0.1) is 6.92 Å². The maximum absolute atomic E-state index is 13.1. The Morgan fingerprint density at radius 1 is 0.857 bits per heavy atom. The Labute approximate surface area is 199 Å². The van der Waals surface area contributed by atoms with Gasteiger partial charge in [-0.2, -0.15) is 18.3 Å². The van der Waals surface area contributed by atoms with Gasteiger partial charge >= 0.3 is 6.18 Å². The van der Waals surface area contributed by atoms with E-state index in [1.807, 2.05) is 73.7 Å². The molecule has 0 saturated carbocycles. The van der Waals surface area contributed by atoms with Crippen molar-refractivity contribution in [2.45, 2.75) is 13.1 Å². The molecule has 0 radical (unpaired) electrons. The number of carbonyl (C=O) groups is 1. The molecule has 0 aliphatic rings. The first-order chi connectivity index (χ1) is 16.8. The van der Waals surface area contributed by atoms with Gasteiger partial charge in [-0.1, -0.05) is 60.7 Å². The van der Waals surface area contributed by atoms with Gasteiger partial charge in [0.1, 0.15) is 0 Å². The van der Waals surface area contributed by atoms with E-state index < -0.39 is 17.6 Å². The van der Waals surface area contributed by atoms with Crippen LogP contribution in [0.1, 0.15) is 21.6 Å². The average molecular weight is 471 g/mol. The van der Waals surface area contributed by atoms with Crippen molar-refractivity contribution in [3.8, 4) is 16.9 Å². The molecule has 4 nitrogen and oxygen atoms in total. The van der Waals surface area contributed by atoms with E-state index in [9.17, 15) is 18.0 Å². The van der Waals surface area contributed by atoms with Crippen LogP contribution in [0.4, 0.5) is 18.9 Å². The van der Waals surface area contributed by atoms with Crippen LogP contribution >= 0.6 is 0 Å². The SMILES string of the molecule is Cc1cccc(-n2nc(C(=O)Nc3cccc(C(F)(F)F)c3)cc2-c2cccc3ccccc23)c1. The average Bonchev–Trinajstić information content (AvgIpc) is 3.29. The van der Waals surface area contributed by atoms with E-state index in [0.717, 1.165) is 39.7 Å². The molecule has 4 aromatic carbocycles. The van der Waals surface area contributed by atoms with Crippen molar-refractivity contribution in [2.24, 2.45) is 0 Å². The summed E-state index contributed by atoms with van der Waals surface area (Å²) in [4.78, 5) is 13.1. The lowest BCUT2D eigenvalue weighted by Crippen LogP contribution is -2.14. The normalized spacial score (nSPS) is 11.5. The largest absolute Gasteiger partial charge is 0.416 e. The minimum atomic E-state index is -4.50. The zero-order valence-electron chi connectivity index (χ0n) is 18.7. The summed E-state index contributed by atoms with van der Waals surface area (Å²) < 4.78 is 41.0. The Hall–Kier alpha value is -4.39. The predicted molar refractivity (Wildman–Crippen MR) is 131 cm³/mol. The van der Waals surface area contributed by atoms with Crippen molar-refractivity contribution in [2.75, 3.05) is 5.32 Å². The first-order valence-electron chi connectivity index (χ1n) is 10.9. The fourth-order valence-electron chi connectivity index (χ4n) is 4.06. The summed E-state index contributed by atoms with van der Waals surface area (Å²) in [7, 11) is 0. The molecular formula is C28H20F3N3O. The van der Waals surface area contributed by atoms with Gasteiger partial charge in [0.2, 0.25) is 0 Å². The Bertz CT molecular complexity index is 1550.